The molecule has 0 spiro atoms. The molecule has 0 aliphatic heterocycles. The number of Topliss-reactive ketones (excluding diaryl/α,β-unsaturated/α-hetero) is 1. The molecule has 0 aliphatic carbocycles. The monoisotopic (exact) mass is 195 g/mol. The molecule has 0 aliphatic rings. The van der Waals surface area contributed by atoms with E-state index in [0.717, 1.165) is 0 Å². The topological polar surface area (TPSA) is 60.9 Å². The normalized spacial score (nSPS) is 14.1. The molecule has 0 bridgehead atoms. The Morgan fingerprint density at radius 1 is 1.57 bits per heavy atom. The molecule has 4 nitrogen and oxygen atoms in total. The molecule has 0 saturated heterocycles. The molecule has 1 heterocycles. The largest absolute Gasteiger partial charge is 0.321 e. The van der Waals surface area contributed by atoms with E-state index in [1.807, 2.05) is 20.8 Å². The third kappa shape index (κ3) is 2.20. The maximum Gasteiger partial charge on any atom is 0.200 e. The summed E-state index contributed by atoms with van der Waals surface area (Å²) in [5, 5.41) is 4.03. The minimum atomic E-state index is -0.502. The van der Waals surface area contributed by atoms with E-state index in [1.165, 1.54) is 0 Å². The fourth-order valence-corrected chi connectivity index (χ4v) is 1.10. The highest BCUT2D eigenvalue weighted by molar-refractivity contribution is 5.98. The Balaban J connectivity index is 2.86. The Bertz CT molecular complexity index is 335. The van der Waals surface area contributed by atoms with E-state index in [4.69, 9.17) is 5.73 Å². The molecule has 14 heavy (non-hydrogen) atoms. The van der Waals surface area contributed by atoms with Crippen LogP contribution in [0.5, 0.6) is 0 Å². The lowest BCUT2D eigenvalue weighted by Gasteiger charge is -2.24. The molecular weight excluding hydrogens is 178 g/mol. The van der Waals surface area contributed by atoms with Crippen molar-refractivity contribution in [3.8, 4) is 0 Å². The first-order chi connectivity index (χ1) is 6.32. The van der Waals surface area contributed by atoms with Crippen LogP contribution < -0.4 is 5.73 Å². The predicted octanol–water partition coefficient (Wildman–Crippen LogP) is 0.976. The minimum Gasteiger partial charge on any atom is -0.321 e. The smallest absolute Gasteiger partial charge is 0.200 e. The van der Waals surface area contributed by atoms with E-state index in [9.17, 15) is 4.79 Å². The Morgan fingerprint density at radius 2 is 2.14 bits per heavy atom. The lowest BCUT2D eigenvalue weighted by atomic mass is 9.84. The fraction of sp³-hybridized carbons (Fsp3) is 0.600. The van der Waals surface area contributed by atoms with Crippen LogP contribution in [0, 0.1) is 5.41 Å². The molecule has 0 amide bonds. The second kappa shape index (κ2) is 3.53. The predicted molar refractivity (Wildman–Crippen MR) is 55.0 cm³/mol. The first-order valence-corrected chi connectivity index (χ1v) is 4.62. The maximum atomic E-state index is 11.8. The number of carbonyl (C=O) groups is 1. The highest BCUT2D eigenvalue weighted by Gasteiger charge is 2.29. The summed E-state index contributed by atoms with van der Waals surface area (Å²) in [6.45, 7) is 5.83. The van der Waals surface area contributed by atoms with E-state index in [-0.39, 0.29) is 11.2 Å². The summed E-state index contributed by atoms with van der Waals surface area (Å²) in [7, 11) is 1.78. The van der Waals surface area contributed by atoms with Gasteiger partial charge in [0, 0.05) is 13.2 Å². The molecule has 1 aromatic heterocycles. The molecule has 78 valence electrons. The van der Waals surface area contributed by atoms with Gasteiger partial charge in [-0.05, 0) is 11.5 Å². The number of aryl methyl sites for hydroxylation is 1. The van der Waals surface area contributed by atoms with Gasteiger partial charge in [-0.2, -0.15) is 5.10 Å². The third-order valence-electron chi connectivity index (χ3n) is 2.18. The second-order valence-corrected chi connectivity index (χ2v) is 4.58. The van der Waals surface area contributed by atoms with Gasteiger partial charge in [0.2, 0.25) is 0 Å². The van der Waals surface area contributed by atoms with Gasteiger partial charge in [-0.25, -0.2) is 0 Å². The van der Waals surface area contributed by atoms with Gasteiger partial charge in [0.05, 0.1) is 6.04 Å². The van der Waals surface area contributed by atoms with Crippen molar-refractivity contribution >= 4 is 5.78 Å². The summed E-state index contributed by atoms with van der Waals surface area (Å²) in [4.78, 5) is 11.8. The van der Waals surface area contributed by atoms with Gasteiger partial charge in [-0.15, -0.1) is 0 Å². The van der Waals surface area contributed by atoms with Crippen LogP contribution in [-0.2, 0) is 7.05 Å². The number of aromatic nitrogens is 2. The highest BCUT2D eigenvalue weighted by Crippen LogP contribution is 2.19. The van der Waals surface area contributed by atoms with Gasteiger partial charge < -0.3 is 5.73 Å². The van der Waals surface area contributed by atoms with Gasteiger partial charge in [0.1, 0.15) is 5.69 Å². The lowest BCUT2D eigenvalue weighted by molar-refractivity contribution is 0.0895. The van der Waals surface area contributed by atoms with E-state index in [2.05, 4.69) is 5.10 Å². The molecule has 2 N–H and O–H groups in total. The van der Waals surface area contributed by atoms with Crippen molar-refractivity contribution in [2.24, 2.45) is 18.2 Å². The van der Waals surface area contributed by atoms with Gasteiger partial charge in [-0.3, -0.25) is 9.48 Å². The summed E-state index contributed by atoms with van der Waals surface area (Å²) in [6.07, 6.45) is 1.74. The Morgan fingerprint density at radius 3 is 2.50 bits per heavy atom. The molecule has 0 radical (unpaired) electrons. The molecular formula is C10H17N3O. The number of rotatable bonds is 2. The van der Waals surface area contributed by atoms with Crippen LogP contribution in [0.2, 0.25) is 0 Å². The first-order valence-electron chi connectivity index (χ1n) is 4.62. The zero-order chi connectivity index (χ0) is 10.9. The van der Waals surface area contributed by atoms with Crippen molar-refractivity contribution in [2.45, 2.75) is 26.8 Å². The highest BCUT2D eigenvalue weighted by atomic mass is 16.1. The Labute approximate surface area is 84.1 Å². The average Bonchev–Trinajstić information content (AvgIpc) is 2.47. The van der Waals surface area contributed by atoms with Crippen LogP contribution in [0.3, 0.4) is 0 Å². The molecule has 0 saturated carbocycles. The number of hydrogen-bond acceptors (Lipinski definition) is 3. The SMILES string of the molecule is Cn1ccc(C(=O)C(N)C(C)(C)C)n1. The quantitative estimate of drug-likeness (QED) is 0.715. The zero-order valence-corrected chi connectivity index (χ0v) is 9.11. The number of hydrogen-bond donors (Lipinski definition) is 1. The van der Waals surface area contributed by atoms with Gasteiger partial charge in [0.25, 0.3) is 0 Å². The van der Waals surface area contributed by atoms with Crippen LogP contribution in [0.1, 0.15) is 31.3 Å². The van der Waals surface area contributed by atoms with Gasteiger partial charge in [0.15, 0.2) is 5.78 Å². The summed E-state index contributed by atoms with van der Waals surface area (Å²) < 4.78 is 1.60. The first kappa shape index (κ1) is 10.9. The molecule has 0 aromatic carbocycles. The second-order valence-electron chi connectivity index (χ2n) is 4.58. The van der Waals surface area contributed by atoms with E-state index < -0.39 is 6.04 Å². The van der Waals surface area contributed by atoms with Crippen LogP contribution in [-0.4, -0.2) is 21.6 Å². The summed E-state index contributed by atoms with van der Waals surface area (Å²) in [5.74, 6) is -0.0990. The van der Waals surface area contributed by atoms with Crippen molar-refractivity contribution in [1.82, 2.24) is 9.78 Å². The Kier molecular flexibility index (Phi) is 2.76. The third-order valence-corrected chi connectivity index (χ3v) is 2.18. The average molecular weight is 195 g/mol. The van der Waals surface area contributed by atoms with Crippen LogP contribution in [0.15, 0.2) is 12.3 Å². The van der Waals surface area contributed by atoms with E-state index in [0.29, 0.717) is 5.69 Å². The summed E-state index contributed by atoms with van der Waals surface area (Å²) in [5.41, 5.74) is 6.05. The van der Waals surface area contributed by atoms with Crippen LogP contribution in [0.25, 0.3) is 0 Å². The van der Waals surface area contributed by atoms with Gasteiger partial charge in [-0.1, -0.05) is 20.8 Å². The lowest BCUT2D eigenvalue weighted by Crippen LogP contribution is -2.42. The van der Waals surface area contributed by atoms with Crippen molar-refractivity contribution < 1.29 is 4.79 Å². The van der Waals surface area contributed by atoms with Crippen molar-refractivity contribution in [3.63, 3.8) is 0 Å². The summed E-state index contributed by atoms with van der Waals surface area (Å²) >= 11 is 0. The molecule has 1 unspecified atom stereocenters. The van der Waals surface area contributed by atoms with Gasteiger partial charge >= 0.3 is 0 Å². The minimum absolute atomic E-state index is 0.0990. The number of ketones is 1. The molecule has 1 rings (SSSR count). The van der Waals surface area contributed by atoms with E-state index in [1.54, 1.807) is 24.0 Å². The molecule has 1 atom stereocenters. The Hall–Kier alpha value is -1.16. The molecule has 1 aromatic rings. The summed E-state index contributed by atoms with van der Waals surface area (Å²) in [6, 6.07) is 1.19. The number of carbonyl (C=O) groups excluding carboxylic acids is 1. The van der Waals surface area contributed by atoms with Crippen molar-refractivity contribution in [3.05, 3.63) is 18.0 Å². The maximum absolute atomic E-state index is 11.8. The number of nitrogens with zero attached hydrogens (tertiary/aromatic N) is 2. The van der Waals surface area contributed by atoms with Crippen molar-refractivity contribution in [2.75, 3.05) is 0 Å². The van der Waals surface area contributed by atoms with Crippen molar-refractivity contribution in [1.29, 1.82) is 0 Å². The van der Waals surface area contributed by atoms with Crippen LogP contribution >= 0.6 is 0 Å². The van der Waals surface area contributed by atoms with Crippen LogP contribution in [0.4, 0.5) is 0 Å². The fourth-order valence-electron chi connectivity index (χ4n) is 1.10. The zero-order valence-electron chi connectivity index (χ0n) is 9.11. The van der Waals surface area contributed by atoms with E-state index >= 15 is 0 Å². The standard InChI is InChI=1S/C10H17N3O/c1-10(2,3)9(11)8(14)7-5-6-13(4)12-7/h5-6,9H,11H2,1-4H3. The number of nitrogens with two attached hydrogens (primary N) is 1. The molecule has 0 fully saturated rings. The molecule has 4 heteroatoms.